The molecule has 3 heteroatoms. The summed E-state index contributed by atoms with van der Waals surface area (Å²) in [7, 11) is 0. The van der Waals surface area contributed by atoms with E-state index < -0.39 is 0 Å². The summed E-state index contributed by atoms with van der Waals surface area (Å²) in [5.74, 6) is 0. The number of rotatable bonds is 6. The maximum absolute atomic E-state index is 4.51. The fraction of sp³-hybridized carbons (Fsp3) is 0.412. The van der Waals surface area contributed by atoms with Crippen molar-refractivity contribution >= 4 is 0 Å². The molecule has 0 aromatic carbocycles. The molecule has 0 fully saturated rings. The SMILES string of the molecule is CCc1ccc(Cc2cncc(CNC(C)C)c2)nc1. The normalized spacial score (nSPS) is 11.0. The maximum Gasteiger partial charge on any atom is 0.0448 e. The van der Waals surface area contributed by atoms with E-state index in [0.29, 0.717) is 6.04 Å². The second kappa shape index (κ2) is 7.15. The average molecular weight is 269 g/mol. The van der Waals surface area contributed by atoms with Crippen molar-refractivity contribution in [1.29, 1.82) is 0 Å². The molecule has 0 saturated carbocycles. The first-order valence-electron chi connectivity index (χ1n) is 7.27. The first-order chi connectivity index (χ1) is 9.67. The fourth-order valence-electron chi connectivity index (χ4n) is 2.03. The molecule has 20 heavy (non-hydrogen) atoms. The van der Waals surface area contributed by atoms with Crippen LogP contribution < -0.4 is 5.32 Å². The lowest BCUT2D eigenvalue weighted by molar-refractivity contribution is 0.587. The van der Waals surface area contributed by atoms with Crippen LogP contribution in [0.1, 0.15) is 43.2 Å². The molecule has 0 radical (unpaired) electrons. The van der Waals surface area contributed by atoms with Crippen molar-refractivity contribution in [2.45, 2.75) is 46.2 Å². The molecule has 2 aromatic rings. The predicted molar refractivity (Wildman–Crippen MR) is 82.6 cm³/mol. The van der Waals surface area contributed by atoms with Crippen LogP contribution in [0.5, 0.6) is 0 Å². The van der Waals surface area contributed by atoms with Gasteiger partial charge in [0.2, 0.25) is 0 Å². The molecule has 0 aliphatic heterocycles. The van der Waals surface area contributed by atoms with Crippen molar-refractivity contribution in [1.82, 2.24) is 15.3 Å². The van der Waals surface area contributed by atoms with E-state index in [9.17, 15) is 0 Å². The number of nitrogens with zero attached hydrogens (tertiary/aromatic N) is 2. The summed E-state index contributed by atoms with van der Waals surface area (Å²) in [4.78, 5) is 8.83. The Morgan fingerprint density at radius 2 is 1.85 bits per heavy atom. The van der Waals surface area contributed by atoms with E-state index in [2.05, 4.69) is 54.3 Å². The van der Waals surface area contributed by atoms with E-state index in [0.717, 1.165) is 25.1 Å². The van der Waals surface area contributed by atoms with Gasteiger partial charge in [-0.1, -0.05) is 32.9 Å². The third-order valence-electron chi connectivity index (χ3n) is 3.25. The summed E-state index contributed by atoms with van der Waals surface area (Å²) in [6.07, 6.45) is 7.69. The van der Waals surface area contributed by atoms with Crippen LogP contribution in [-0.2, 0) is 19.4 Å². The Morgan fingerprint density at radius 1 is 1.05 bits per heavy atom. The van der Waals surface area contributed by atoms with Gasteiger partial charge in [0.1, 0.15) is 0 Å². The van der Waals surface area contributed by atoms with Gasteiger partial charge in [-0.05, 0) is 29.2 Å². The van der Waals surface area contributed by atoms with Crippen LogP contribution in [0.3, 0.4) is 0 Å². The minimum absolute atomic E-state index is 0.488. The minimum Gasteiger partial charge on any atom is -0.310 e. The van der Waals surface area contributed by atoms with Gasteiger partial charge in [0.25, 0.3) is 0 Å². The van der Waals surface area contributed by atoms with Crippen molar-refractivity contribution in [2.75, 3.05) is 0 Å². The molecular formula is C17H23N3. The van der Waals surface area contributed by atoms with Crippen molar-refractivity contribution in [3.63, 3.8) is 0 Å². The Labute approximate surface area is 121 Å². The second-order valence-electron chi connectivity index (χ2n) is 5.43. The lowest BCUT2D eigenvalue weighted by atomic mass is 10.1. The van der Waals surface area contributed by atoms with Crippen molar-refractivity contribution in [3.05, 3.63) is 59.2 Å². The zero-order chi connectivity index (χ0) is 14.4. The Kier molecular flexibility index (Phi) is 5.24. The van der Waals surface area contributed by atoms with E-state index in [1.165, 1.54) is 16.7 Å². The molecule has 0 aliphatic rings. The van der Waals surface area contributed by atoms with Crippen LogP contribution in [0.25, 0.3) is 0 Å². The van der Waals surface area contributed by atoms with Crippen LogP contribution in [0, 0.1) is 0 Å². The highest BCUT2D eigenvalue weighted by Gasteiger charge is 2.01. The van der Waals surface area contributed by atoms with Crippen LogP contribution in [0.2, 0.25) is 0 Å². The zero-order valence-electron chi connectivity index (χ0n) is 12.6. The van der Waals surface area contributed by atoms with Gasteiger partial charge in [-0.2, -0.15) is 0 Å². The Balaban J connectivity index is 2.02. The molecule has 0 atom stereocenters. The van der Waals surface area contributed by atoms with Gasteiger partial charge in [-0.15, -0.1) is 0 Å². The summed E-state index contributed by atoms with van der Waals surface area (Å²) in [5, 5.41) is 3.41. The van der Waals surface area contributed by atoms with Crippen molar-refractivity contribution < 1.29 is 0 Å². The minimum atomic E-state index is 0.488. The summed E-state index contributed by atoms with van der Waals surface area (Å²) < 4.78 is 0. The topological polar surface area (TPSA) is 37.8 Å². The molecule has 1 N–H and O–H groups in total. The molecule has 0 aliphatic carbocycles. The highest BCUT2D eigenvalue weighted by atomic mass is 14.9. The van der Waals surface area contributed by atoms with Gasteiger partial charge >= 0.3 is 0 Å². The molecule has 0 unspecified atom stereocenters. The molecule has 0 saturated heterocycles. The number of aromatic nitrogens is 2. The number of hydrogen-bond donors (Lipinski definition) is 1. The third kappa shape index (κ3) is 4.42. The highest BCUT2D eigenvalue weighted by molar-refractivity contribution is 5.24. The Hall–Kier alpha value is -1.74. The Morgan fingerprint density at radius 3 is 2.50 bits per heavy atom. The van der Waals surface area contributed by atoms with Gasteiger partial charge in [0.15, 0.2) is 0 Å². The molecule has 0 bridgehead atoms. The van der Waals surface area contributed by atoms with Gasteiger partial charge in [-0.3, -0.25) is 9.97 Å². The lowest BCUT2D eigenvalue weighted by Gasteiger charge is -2.09. The summed E-state index contributed by atoms with van der Waals surface area (Å²) >= 11 is 0. The molecule has 2 heterocycles. The second-order valence-corrected chi connectivity index (χ2v) is 5.43. The van der Waals surface area contributed by atoms with Gasteiger partial charge in [0, 0.05) is 43.3 Å². The smallest absolute Gasteiger partial charge is 0.0448 e. The zero-order valence-corrected chi connectivity index (χ0v) is 12.6. The first kappa shape index (κ1) is 14.7. The number of nitrogens with one attached hydrogen (secondary N) is 1. The molecule has 106 valence electrons. The molecular weight excluding hydrogens is 246 g/mol. The van der Waals surface area contributed by atoms with Crippen LogP contribution in [0.4, 0.5) is 0 Å². The van der Waals surface area contributed by atoms with Crippen molar-refractivity contribution in [3.8, 4) is 0 Å². The number of hydrogen-bond acceptors (Lipinski definition) is 3. The number of pyridine rings is 2. The summed E-state index contributed by atoms with van der Waals surface area (Å²) in [6, 6.07) is 6.96. The largest absolute Gasteiger partial charge is 0.310 e. The molecule has 0 spiro atoms. The summed E-state index contributed by atoms with van der Waals surface area (Å²) in [6.45, 7) is 7.31. The van der Waals surface area contributed by atoms with E-state index in [4.69, 9.17) is 0 Å². The first-order valence-corrected chi connectivity index (χ1v) is 7.27. The van der Waals surface area contributed by atoms with E-state index in [-0.39, 0.29) is 0 Å². The monoisotopic (exact) mass is 269 g/mol. The molecule has 3 nitrogen and oxygen atoms in total. The quantitative estimate of drug-likeness (QED) is 0.875. The third-order valence-corrected chi connectivity index (χ3v) is 3.25. The standard InChI is InChI=1S/C17H23N3/c1-4-14-5-6-17(20-11-14)8-15-7-16(10-18-9-15)12-19-13(2)3/h5-7,9-11,13,19H,4,8,12H2,1-3H3. The molecule has 2 aromatic heterocycles. The van der Waals surface area contributed by atoms with E-state index >= 15 is 0 Å². The van der Waals surface area contributed by atoms with Crippen LogP contribution >= 0.6 is 0 Å². The Bertz CT molecular complexity index is 532. The molecule has 2 rings (SSSR count). The molecule has 0 amide bonds. The fourth-order valence-corrected chi connectivity index (χ4v) is 2.03. The number of aryl methyl sites for hydroxylation is 1. The highest BCUT2D eigenvalue weighted by Crippen LogP contribution is 2.10. The van der Waals surface area contributed by atoms with Crippen molar-refractivity contribution in [2.24, 2.45) is 0 Å². The van der Waals surface area contributed by atoms with Crippen LogP contribution in [-0.4, -0.2) is 16.0 Å². The van der Waals surface area contributed by atoms with Gasteiger partial charge in [-0.25, -0.2) is 0 Å². The lowest BCUT2D eigenvalue weighted by Crippen LogP contribution is -2.21. The van der Waals surface area contributed by atoms with Crippen LogP contribution in [0.15, 0.2) is 36.8 Å². The maximum atomic E-state index is 4.51. The van der Waals surface area contributed by atoms with Gasteiger partial charge in [0.05, 0.1) is 0 Å². The van der Waals surface area contributed by atoms with E-state index in [1.807, 2.05) is 18.6 Å². The van der Waals surface area contributed by atoms with E-state index in [1.54, 1.807) is 0 Å². The predicted octanol–water partition coefficient (Wildman–Crippen LogP) is 3.13. The van der Waals surface area contributed by atoms with Gasteiger partial charge < -0.3 is 5.32 Å². The average Bonchev–Trinajstić information content (AvgIpc) is 2.46. The summed E-state index contributed by atoms with van der Waals surface area (Å²) in [5.41, 5.74) is 4.81.